The fourth-order valence-electron chi connectivity index (χ4n) is 2.66. The third-order valence-corrected chi connectivity index (χ3v) is 4.82. The quantitative estimate of drug-likeness (QED) is 0.669. The Balaban J connectivity index is 2.44. The lowest BCUT2D eigenvalue weighted by atomic mass is 10.1. The minimum absolute atomic E-state index is 0.150. The van der Waals surface area contributed by atoms with Crippen molar-refractivity contribution >= 4 is 37.2 Å². The lowest BCUT2D eigenvalue weighted by molar-refractivity contribution is 0.870. The van der Waals surface area contributed by atoms with E-state index in [1.165, 1.54) is 0 Å². The molecule has 0 N–H and O–H groups in total. The van der Waals surface area contributed by atoms with E-state index < -0.39 is 0 Å². The van der Waals surface area contributed by atoms with Crippen molar-refractivity contribution in [2.24, 2.45) is 0 Å². The second-order valence-corrected chi connectivity index (χ2v) is 5.83. The van der Waals surface area contributed by atoms with Gasteiger partial charge in [-0.3, -0.25) is 4.79 Å². The van der Waals surface area contributed by atoms with Crippen LogP contribution in [0.2, 0.25) is 0 Å². The van der Waals surface area contributed by atoms with Crippen LogP contribution in [-0.4, -0.2) is 13.1 Å². The molecule has 0 aliphatic heterocycles. The van der Waals surface area contributed by atoms with E-state index in [1.807, 2.05) is 36.4 Å². The van der Waals surface area contributed by atoms with Crippen molar-refractivity contribution in [2.45, 2.75) is 13.8 Å². The number of hydrogen-bond donors (Lipinski definition) is 0. The highest BCUT2D eigenvalue weighted by atomic mass is 32.1. The van der Waals surface area contributed by atoms with Crippen molar-refractivity contribution < 1.29 is 0 Å². The second-order valence-electron chi connectivity index (χ2n) is 4.75. The molecule has 1 heterocycles. The van der Waals surface area contributed by atoms with E-state index in [0.717, 1.165) is 38.9 Å². The van der Waals surface area contributed by atoms with Crippen molar-refractivity contribution in [1.82, 2.24) is 0 Å². The van der Waals surface area contributed by atoms with E-state index >= 15 is 0 Å². The fourth-order valence-corrected chi connectivity index (χ4v) is 3.76. The van der Waals surface area contributed by atoms with Gasteiger partial charge in [-0.15, -0.1) is 11.3 Å². The van der Waals surface area contributed by atoms with Crippen LogP contribution in [0.5, 0.6) is 0 Å². The standard InChI is InChI=1S/C17H17NOS/c1-3-18(4-2)13-9-7-11-15-16(13)17(19)12-8-5-6-10-14(12)20-15/h5-11H,3-4H2,1-2H3. The molecule has 2 aromatic carbocycles. The summed E-state index contributed by atoms with van der Waals surface area (Å²) in [6.07, 6.45) is 0. The lowest BCUT2D eigenvalue weighted by Crippen LogP contribution is -2.23. The molecule has 3 heteroatoms. The van der Waals surface area contributed by atoms with Crippen LogP contribution < -0.4 is 10.3 Å². The summed E-state index contributed by atoms with van der Waals surface area (Å²) in [5, 5.41) is 1.68. The van der Waals surface area contributed by atoms with Gasteiger partial charge in [0.05, 0.1) is 5.39 Å². The van der Waals surface area contributed by atoms with Crippen LogP contribution in [0.1, 0.15) is 13.8 Å². The Bertz CT molecular complexity index is 818. The molecule has 0 radical (unpaired) electrons. The van der Waals surface area contributed by atoms with Crippen LogP contribution >= 0.6 is 11.3 Å². The van der Waals surface area contributed by atoms with Gasteiger partial charge in [-0.2, -0.15) is 0 Å². The van der Waals surface area contributed by atoms with Gasteiger partial charge in [0.1, 0.15) is 0 Å². The summed E-state index contributed by atoms with van der Waals surface area (Å²) in [5.41, 5.74) is 1.20. The van der Waals surface area contributed by atoms with E-state index in [9.17, 15) is 4.79 Å². The Morgan fingerprint density at radius 2 is 1.65 bits per heavy atom. The Labute approximate surface area is 122 Å². The van der Waals surface area contributed by atoms with Gasteiger partial charge < -0.3 is 4.90 Å². The first-order chi connectivity index (χ1) is 9.76. The molecule has 0 spiro atoms. The van der Waals surface area contributed by atoms with Gasteiger partial charge in [0, 0.05) is 33.6 Å². The maximum absolute atomic E-state index is 12.8. The highest BCUT2D eigenvalue weighted by molar-refractivity contribution is 7.24. The monoisotopic (exact) mass is 283 g/mol. The second kappa shape index (κ2) is 5.25. The predicted octanol–water partition coefficient (Wildman–Crippen LogP) is 4.26. The summed E-state index contributed by atoms with van der Waals surface area (Å²) in [4.78, 5) is 15.1. The largest absolute Gasteiger partial charge is 0.371 e. The molecule has 0 aliphatic rings. The minimum atomic E-state index is 0.150. The molecule has 102 valence electrons. The molecule has 1 aromatic heterocycles. The number of nitrogens with zero attached hydrogens (tertiary/aromatic N) is 1. The summed E-state index contributed by atoms with van der Waals surface area (Å²) < 4.78 is 2.12. The van der Waals surface area contributed by atoms with Crippen molar-refractivity contribution in [1.29, 1.82) is 0 Å². The summed E-state index contributed by atoms with van der Waals surface area (Å²) in [5.74, 6) is 0. The summed E-state index contributed by atoms with van der Waals surface area (Å²) in [7, 11) is 0. The van der Waals surface area contributed by atoms with Crippen LogP contribution in [0.3, 0.4) is 0 Å². The minimum Gasteiger partial charge on any atom is -0.371 e. The van der Waals surface area contributed by atoms with E-state index in [2.05, 4.69) is 24.8 Å². The highest BCUT2D eigenvalue weighted by Crippen LogP contribution is 2.30. The molecule has 0 saturated heterocycles. The van der Waals surface area contributed by atoms with Gasteiger partial charge in [-0.05, 0) is 38.1 Å². The zero-order chi connectivity index (χ0) is 14.1. The Hall–Kier alpha value is -1.87. The van der Waals surface area contributed by atoms with E-state index in [1.54, 1.807) is 11.3 Å². The lowest BCUT2D eigenvalue weighted by Gasteiger charge is -2.22. The van der Waals surface area contributed by atoms with Crippen molar-refractivity contribution in [2.75, 3.05) is 18.0 Å². The Kier molecular flexibility index (Phi) is 3.45. The number of benzene rings is 2. The van der Waals surface area contributed by atoms with Gasteiger partial charge in [0.2, 0.25) is 0 Å². The third kappa shape index (κ3) is 1.98. The molecular formula is C17H17NOS. The first-order valence-corrected chi connectivity index (χ1v) is 7.77. The maximum Gasteiger partial charge on any atom is 0.197 e. The summed E-state index contributed by atoms with van der Waals surface area (Å²) in [6, 6.07) is 14.0. The molecule has 3 rings (SSSR count). The molecular weight excluding hydrogens is 266 g/mol. The van der Waals surface area contributed by atoms with E-state index in [4.69, 9.17) is 0 Å². The SMILES string of the molecule is CCN(CC)c1cccc2sc3ccccc3c(=O)c12. The third-order valence-electron chi connectivity index (χ3n) is 3.69. The van der Waals surface area contributed by atoms with Crippen LogP contribution in [0, 0.1) is 0 Å². The predicted molar refractivity (Wildman–Crippen MR) is 89.2 cm³/mol. The topological polar surface area (TPSA) is 20.3 Å². The number of fused-ring (bicyclic) bond motifs is 2. The first-order valence-electron chi connectivity index (χ1n) is 6.95. The van der Waals surface area contributed by atoms with Gasteiger partial charge >= 0.3 is 0 Å². The normalized spacial score (nSPS) is 11.1. The van der Waals surface area contributed by atoms with Crippen LogP contribution in [0.15, 0.2) is 47.3 Å². The number of rotatable bonds is 3. The zero-order valence-corrected chi connectivity index (χ0v) is 12.5. The molecule has 0 fully saturated rings. The van der Waals surface area contributed by atoms with Gasteiger partial charge in [-0.1, -0.05) is 18.2 Å². The molecule has 0 bridgehead atoms. The molecule has 0 aliphatic carbocycles. The highest BCUT2D eigenvalue weighted by Gasteiger charge is 2.12. The molecule has 3 aromatic rings. The van der Waals surface area contributed by atoms with Gasteiger partial charge in [0.15, 0.2) is 5.43 Å². The molecule has 0 atom stereocenters. The van der Waals surface area contributed by atoms with Crippen molar-refractivity contribution in [3.8, 4) is 0 Å². The maximum atomic E-state index is 12.8. The molecule has 20 heavy (non-hydrogen) atoms. The van der Waals surface area contributed by atoms with Gasteiger partial charge in [-0.25, -0.2) is 0 Å². The molecule has 2 nitrogen and oxygen atoms in total. The number of anilines is 1. The average Bonchev–Trinajstić information content (AvgIpc) is 2.49. The fraction of sp³-hybridized carbons (Fsp3) is 0.235. The zero-order valence-electron chi connectivity index (χ0n) is 11.7. The average molecular weight is 283 g/mol. The van der Waals surface area contributed by atoms with Crippen LogP contribution in [0.4, 0.5) is 5.69 Å². The van der Waals surface area contributed by atoms with Crippen molar-refractivity contribution in [3.63, 3.8) is 0 Å². The Morgan fingerprint density at radius 1 is 0.950 bits per heavy atom. The first kappa shape index (κ1) is 13.1. The van der Waals surface area contributed by atoms with E-state index in [0.29, 0.717) is 0 Å². The Morgan fingerprint density at radius 3 is 2.40 bits per heavy atom. The number of hydrogen-bond acceptors (Lipinski definition) is 3. The summed E-state index contributed by atoms with van der Waals surface area (Å²) >= 11 is 1.69. The van der Waals surface area contributed by atoms with Crippen LogP contribution in [0.25, 0.3) is 20.2 Å². The van der Waals surface area contributed by atoms with Crippen molar-refractivity contribution in [3.05, 3.63) is 52.7 Å². The molecule has 0 amide bonds. The molecule has 0 saturated carbocycles. The molecule has 0 unspecified atom stereocenters. The summed E-state index contributed by atoms with van der Waals surface area (Å²) in [6.45, 7) is 6.06. The van der Waals surface area contributed by atoms with E-state index in [-0.39, 0.29) is 5.43 Å². The van der Waals surface area contributed by atoms with Gasteiger partial charge in [0.25, 0.3) is 0 Å². The smallest absolute Gasteiger partial charge is 0.197 e. The van der Waals surface area contributed by atoms with Crippen LogP contribution in [-0.2, 0) is 0 Å².